The molecule has 6 heteroatoms. The fourth-order valence-corrected chi connectivity index (χ4v) is 5.92. The quantitative estimate of drug-likeness (QED) is 0.547. The highest BCUT2D eigenvalue weighted by atomic mass is 33.1. The number of hydrogen-bond donors (Lipinski definition) is 2. The van der Waals surface area contributed by atoms with Crippen molar-refractivity contribution in [3.05, 3.63) is 69.7 Å². The summed E-state index contributed by atoms with van der Waals surface area (Å²) in [5.74, 6) is 0. The molecular weight excluding hydrogens is 348 g/mol. The van der Waals surface area contributed by atoms with Gasteiger partial charge in [0.25, 0.3) is 0 Å². The highest BCUT2D eigenvalue weighted by Gasteiger charge is 2.14. The summed E-state index contributed by atoms with van der Waals surface area (Å²) in [5, 5.41) is 2.33. The number of nitrogens with one attached hydrogen (secondary N) is 2. The Morgan fingerprint density at radius 3 is 1.59 bits per heavy atom. The summed E-state index contributed by atoms with van der Waals surface area (Å²) in [5.41, 5.74) is 2.55. The summed E-state index contributed by atoms with van der Waals surface area (Å²) >= 11 is 3.35. The molecule has 0 saturated heterocycles. The van der Waals surface area contributed by atoms with Gasteiger partial charge in [0.15, 0.2) is 0 Å². The van der Waals surface area contributed by atoms with Crippen LogP contribution in [0.25, 0.3) is 12.2 Å². The number of hydrogen-bond acceptors (Lipinski definition) is 6. The number of benzene rings is 2. The lowest BCUT2D eigenvalue weighted by molar-refractivity contribution is 1.30. The van der Waals surface area contributed by atoms with Crippen LogP contribution in [-0.4, -0.2) is 0 Å². The molecule has 0 unspecified atom stereocenters. The van der Waals surface area contributed by atoms with E-state index in [9.17, 15) is 0 Å². The van der Waals surface area contributed by atoms with Crippen LogP contribution in [0.4, 0.5) is 0 Å². The van der Waals surface area contributed by atoms with Gasteiger partial charge in [0.1, 0.15) is 0 Å². The van der Waals surface area contributed by atoms with Crippen molar-refractivity contribution in [1.82, 2.24) is 9.44 Å². The van der Waals surface area contributed by atoms with Gasteiger partial charge in [0.2, 0.25) is 0 Å². The average molecular weight is 361 g/mol. The first-order valence-electron chi connectivity index (χ1n) is 6.70. The molecule has 2 aromatic carbocycles. The van der Waals surface area contributed by atoms with Crippen molar-refractivity contribution >= 4 is 57.6 Å². The molecule has 0 bridgehead atoms. The van der Waals surface area contributed by atoms with Crippen molar-refractivity contribution in [3.63, 3.8) is 0 Å². The maximum absolute atomic E-state index is 3.39. The smallest absolute Gasteiger partial charge is 0.0901 e. The van der Waals surface area contributed by atoms with E-state index in [2.05, 4.69) is 70.1 Å². The monoisotopic (exact) mass is 360 g/mol. The molecule has 0 aliphatic carbocycles. The first-order chi connectivity index (χ1) is 10.9. The molecule has 0 radical (unpaired) electrons. The van der Waals surface area contributed by atoms with Gasteiger partial charge in [-0.15, -0.1) is 0 Å². The molecular formula is C16H12N2S4. The lowest BCUT2D eigenvalue weighted by atomic mass is 10.2. The standard InChI is InChI=1S/C16H12N2S4/c1-3-7-13-11(5-1)9-15(17-19-13)21-22-16-10-12-6-2-4-8-14(12)20-18-16/h1-10,17-18H. The van der Waals surface area contributed by atoms with E-state index in [0.717, 1.165) is 0 Å². The molecule has 4 rings (SSSR count). The van der Waals surface area contributed by atoms with Gasteiger partial charge in [0.05, 0.1) is 10.1 Å². The summed E-state index contributed by atoms with van der Waals surface area (Å²) < 4.78 is 6.78. The van der Waals surface area contributed by atoms with Crippen molar-refractivity contribution < 1.29 is 0 Å². The summed E-state index contributed by atoms with van der Waals surface area (Å²) in [6.07, 6.45) is 4.40. The molecule has 2 nitrogen and oxygen atoms in total. The molecule has 0 amide bonds. The average Bonchev–Trinajstić information content (AvgIpc) is 2.59. The van der Waals surface area contributed by atoms with E-state index in [1.54, 1.807) is 45.5 Å². The lowest BCUT2D eigenvalue weighted by Gasteiger charge is -2.19. The third kappa shape index (κ3) is 3.15. The Labute approximate surface area is 146 Å². The van der Waals surface area contributed by atoms with Crippen molar-refractivity contribution in [2.24, 2.45) is 0 Å². The molecule has 0 fully saturated rings. The zero-order valence-corrected chi connectivity index (χ0v) is 14.7. The van der Waals surface area contributed by atoms with Crippen LogP contribution in [0.2, 0.25) is 0 Å². The van der Waals surface area contributed by atoms with E-state index in [-0.39, 0.29) is 0 Å². The third-order valence-corrected chi connectivity index (χ3v) is 7.45. The van der Waals surface area contributed by atoms with Crippen LogP contribution < -0.4 is 9.44 Å². The lowest BCUT2D eigenvalue weighted by Crippen LogP contribution is -2.06. The minimum atomic E-state index is 1.17. The molecule has 22 heavy (non-hydrogen) atoms. The highest BCUT2D eigenvalue weighted by Crippen LogP contribution is 2.42. The van der Waals surface area contributed by atoms with E-state index < -0.39 is 0 Å². The molecule has 2 heterocycles. The van der Waals surface area contributed by atoms with E-state index in [0.29, 0.717) is 0 Å². The Bertz CT molecular complexity index is 705. The van der Waals surface area contributed by atoms with Crippen LogP contribution in [0.15, 0.2) is 68.4 Å². The minimum Gasteiger partial charge on any atom is -0.320 e. The van der Waals surface area contributed by atoms with Crippen LogP contribution in [-0.2, 0) is 0 Å². The van der Waals surface area contributed by atoms with Crippen LogP contribution in [0.5, 0.6) is 0 Å². The SMILES string of the molecule is C1=C(SSC2=Cc3ccccc3SN2)NSc2ccccc21. The Balaban J connectivity index is 1.46. The number of rotatable bonds is 3. The molecule has 110 valence electrons. The molecule has 2 aliphatic rings. The highest BCUT2D eigenvalue weighted by molar-refractivity contribution is 8.79. The zero-order chi connectivity index (χ0) is 14.8. The second-order valence-electron chi connectivity index (χ2n) is 4.67. The summed E-state index contributed by atoms with van der Waals surface area (Å²) in [4.78, 5) is 2.55. The molecule has 2 N–H and O–H groups in total. The summed E-state index contributed by atoms with van der Waals surface area (Å²) in [6, 6.07) is 16.9. The van der Waals surface area contributed by atoms with Gasteiger partial charge in [-0.05, 0) is 80.9 Å². The van der Waals surface area contributed by atoms with Gasteiger partial charge in [-0.1, -0.05) is 36.4 Å². The van der Waals surface area contributed by atoms with Crippen molar-refractivity contribution in [2.75, 3.05) is 0 Å². The van der Waals surface area contributed by atoms with E-state index in [1.807, 2.05) is 0 Å². The normalized spacial score (nSPS) is 15.6. The zero-order valence-electron chi connectivity index (χ0n) is 11.4. The molecule has 0 atom stereocenters. The predicted octanol–water partition coefficient (Wildman–Crippen LogP) is 5.59. The fourth-order valence-electron chi connectivity index (χ4n) is 2.11. The fraction of sp³-hybridized carbons (Fsp3) is 0. The van der Waals surface area contributed by atoms with Crippen LogP contribution in [0.3, 0.4) is 0 Å². The van der Waals surface area contributed by atoms with Crippen molar-refractivity contribution in [2.45, 2.75) is 9.79 Å². The predicted molar refractivity (Wildman–Crippen MR) is 102 cm³/mol. The molecule has 0 aromatic heterocycles. The van der Waals surface area contributed by atoms with Crippen LogP contribution >= 0.6 is 45.5 Å². The van der Waals surface area contributed by atoms with Gasteiger partial charge in [0, 0.05) is 9.79 Å². The molecule has 2 aromatic rings. The van der Waals surface area contributed by atoms with E-state index in [4.69, 9.17) is 0 Å². The topological polar surface area (TPSA) is 24.1 Å². The molecule has 0 saturated carbocycles. The maximum atomic E-state index is 3.39. The second kappa shape index (κ2) is 6.58. The Kier molecular flexibility index (Phi) is 4.34. The van der Waals surface area contributed by atoms with E-state index in [1.165, 1.54) is 31.0 Å². The molecule has 2 aliphatic heterocycles. The minimum absolute atomic E-state index is 1.17. The van der Waals surface area contributed by atoms with Gasteiger partial charge >= 0.3 is 0 Å². The van der Waals surface area contributed by atoms with Gasteiger partial charge in [-0.3, -0.25) is 0 Å². The van der Waals surface area contributed by atoms with Gasteiger partial charge < -0.3 is 9.44 Å². The Hall–Kier alpha value is -1.08. The molecule has 0 spiro atoms. The largest absolute Gasteiger partial charge is 0.320 e. The third-order valence-electron chi connectivity index (χ3n) is 3.16. The van der Waals surface area contributed by atoms with Crippen LogP contribution in [0.1, 0.15) is 11.1 Å². The maximum Gasteiger partial charge on any atom is 0.0901 e. The Morgan fingerprint density at radius 1 is 0.636 bits per heavy atom. The summed E-state index contributed by atoms with van der Waals surface area (Å²) in [6.45, 7) is 0. The first kappa shape index (κ1) is 14.5. The summed E-state index contributed by atoms with van der Waals surface area (Å²) in [7, 11) is 3.49. The van der Waals surface area contributed by atoms with Gasteiger partial charge in [-0.25, -0.2) is 0 Å². The van der Waals surface area contributed by atoms with Gasteiger partial charge in [-0.2, -0.15) is 0 Å². The van der Waals surface area contributed by atoms with Crippen molar-refractivity contribution in [1.29, 1.82) is 0 Å². The van der Waals surface area contributed by atoms with Crippen LogP contribution in [0, 0.1) is 0 Å². The van der Waals surface area contributed by atoms with Crippen molar-refractivity contribution in [3.8, 4) is 0 Å². The number of fused-ring (bicyclic) bond motifs is 2. The first-order valence-corrected chi connectivity index (χ1v) is 10.5. The Morgan fingerprint density at radius 2 is 1.09 bits per heavy atom. The van der Waals surface area contributed by atoms with E-state index >= 15 is 0 Å². The second-order valence-corrected chi connectivity index (χ2v) is 8.58.